The summed E-state index contributed by atoms with van der Waals surface area (Å²) < 4.78 is 19.6. The highest BCUT2D eigenvalue weighted by Gasteiger charge is 1.91. The number of nitrogens with two attached hydrogens (primary N) is 1. The van der Waals surface area contributed by atoms with Gasteiger partial charge in [-0.15, -0.1) is 0 Å². The molecule has 0 saturated carbocycles. The molecule has 11 heavy (non-hydrogen) atoms. The Labute approximate surface area is 69.0 Å². The molecule has 0 aliphatic rings. The van der Waals surface area contributed by atoms with E-state index in [2.05, 4.69) is 9.05 Å². The second-order valence-electron chi connectivity index (χ2n) is 1.52. The van der Waals surface area contributed by atoms with Gasteiger partial charge in [-0.2, -0.15) is 0 Å². The molecule has 0 aromatic heterocycles. The van der Waals surface area contributed by atoms with Gasteiger partial charge in [-0.3, -0.25) is 4.57 Å². The van der Waals surface area contributed by atoms with E-state index in [1.807, 2.05) is 6.92 Å². The van der Waals surface area contributed by atoms with Gasteiger partial charge in [-0.05, 0) is 20.4 Å². The van der Waals surface area contributed by atoms with Crippen LogP contribution in [0.15, 0.2) is 0 Å². The van der Waals surface area contributed by atoms with Crippen LogP contribution in [-0.2, 0) is 13.6 Å². The molecule has 0 bridgehead atoms. The van der Waals surface area contributed by atoms with E-state index >= 15 is 0 Å². The number of hydrogen-bond acceptors (Lipinski definition) is 4. The molecule has 0 aromatic rings. The van der Waals surface area contributed by atoms with Crippen LogP contribution in [0.1, 0.15) is 20.8 Å². The molecule has 0 aromatic carbocycles. The number of hydrogen-bond donors (Lipinski definition) is 1. The molecule has 0 heterocycles. The Bertz CT molecular complexity index is 81.9. The molecule has 0 fully saturated rings. The Morgan fingerprint density at radius 2 is 1.45 bits per heavy atom. The minimum absolute atomic E-state index is 0.456. The largest absolute Gasteiger partial charge is 0.331 e. The van der Waals surface area contributed by atoms with Gasteiger partial charge < -0.3 is 14.8 Å². The normalized spacial score (nSPS) is 9.18. The van der Waals surface area contributed by atoms with Gasteiger partial charge in [0.25, 0.3) is 0 Å². The lowest BCUT2D eigenvalue weighted by atomic mass is 10.8. The van der Waals surface area contributed by atoms with Crippen molar-refractivity contribution >= 4 is 8.25 Å². The van der Waals surface area contributed by atoms with E-state index in [9.17, 15) is 4.57 Å². The molecule has 0 radical (unpaired) electrons. The van der Waals surface area contributed by atoms with Crippen molar-refractivity contribution in [2.75, 3.05) is 19.8 Å². The third kappa shape index (κ3) is 17.8. The predicted octanol–water partition coefficient (Wildman–Crippen LogP) is 1.41. The summed E-state index contributed by atoms with van der Waals surface area (Å²) in [6.45, 7) is 7.12. The summed E-state index contributed by atoms with van der Waals surface area (Å²) in [5.41, 5.74) is 4.85. The van der Waals surface area contributed by atoms with Crippen molar-refractivity contribution in [1.29, 1.82) is 0 Å². The van der Waals surface area contributed by atoms with E-state index in [1.54, 1.807) is 13.8 Å². The smallest absolute Gasteiger partial charge is 0.319 e. The zero-order chi connectivity index (χ0) is 9.11. The first-order valence-corrected chi connectivity index (χ1v) is 4.94. The molecule has 2 N–H and O–H groups in total. The van der Waals surface area contributed by atoms with Crippen molar-refractivity contribution in [1.82, 2.24) is 0 Å². The van der Waals surface area contributed by atoms with Gasteiger partial charge in [-0.25, -0.2) is 0 Å². The van der Waals surface area contributed by atoms with Crippen LogP contribution < -0.4 is 5.73 Å². The molecule has 5 heteroatoms. The maximum Gasteiger partial charge on any atom is 0.319 e. The van der Waals surface area contributed by atoms with Crippen LogP contribution in [0.4, 0.5) is 0 Å². The molecule has 0 aliphatic heterocycles. The highest BCUT2D eigenvalue weighted by Crippen LogP contribution is 2.21. The maximum atomic E-state index is 10.4. The van der Waals surface area contributed by atoms with Crippen molar-refractivity contribution in [3.05, 3.63) is 0 Å². The van der Waals surface area contributed by atoms with Crippen molar-refractivity contribution in [3.63, 3.8) is 0 Å². The summed E-state index contributed by atoms with van der Waals surface area (Å²) in [5, 5.41) is 0. The quantitative estimate of drug-likeness (QED) is 0.669. The van der Waals surface area contributed by atoms with E-state index < -0.39 is 8.25 Å². The molecule has 70 valence electrons. The fraction of sp³-hybridized carbons (Fsp3) is 1.00. The van der Waals surface area contributed by atoms with Gasteiger partial charge in [0, 0.05) is 0 Å². The Hall–Kier alpha value is 0.110. The molecule has 0 amide bonds. The Morgan fingerprint density at radius 1 is 1.18 bits per heavy atom. The highest BCUT2D eigenvalue weighted by molar-refractivity contribution is 7.33. The molecule has 0 saturated heterocycles. The Balaban J connectivity index is 0. The third-order valence-electron chi connectivity index (χ3n) is 0.524. The summed E-state index contributed by atoms with van der Waals surface area (Å²) in [7, 11) is -2.14. The van der Waals surface area contributed by atoms with Crippen molar-refractivity contribution in [2.45, 2.75) is 20.8 Å². The molecule has 0 spiro atoms. The minimum atomic E-state index is -2.14. The summed E-state index contributed by atoms with van der Waals surface area (Å²) >= 11 is 0. The van der Waals surface area contributed by atoms with Gasteiger partial charge in [0.15, 0.2) is 0 Å². The van der Waals surface area contributed by atoms with Crippen molar-refractivity contribution in [2.24, 2.45) is 5.73 Å². The third-order valence-corrected chi connectivity index (χ3v) is 1.57. The Kier molecular flexibility index (Phi) is 15.9. The SMILES string of the molecule is CCN.CCO[PH](=O)OCC. The topological polar surface area (TPSA) is 61.5 Å². The van der Waals surface area contributed by atoms with Crippen molar-refractivity contribution in [3.8, 4) is 0 Å². The zero-order valence-corrected chi connectivity index (χ0v) is 8.42. The highest BCUT2D eigenvalue weighted by atomic mass is 31.1. The van der Waals surface area contributed by atoms with Crippen molar-refractivity contribution < 1.29 is 13.6 Å². The summed E-state index contributed by atoms with van der Waals surface area (Å²) in [5.74, 6) is 0. The van der Waals surface area contributed by atoms with Gasteiger partial charge in [-0.1, -0.05) is 6.92 Å². The van der Waals surface area contributed by atoms with Crippen LogP contribution in [0, 0.1) is 0 Å². The second kappa shape index (κ2) is 12.8. The van der Waals surface area contributed by atoms with E-state index in [0.29, 0.717) is 13.2 Å². The number of rotatable bonds is 4. The Morgan fingerprint density at radius 3 is 1.64 bits per heavy atom. The van der Waals surface area contributed by atoms with Crippen LogP contribution in [0.3, 0.4) is 0 Å². The average Bonchev–Trinajstić information content (AvgIpc) is 1.90. The molecule has 0 rings (SSSR count). The lowest BCUT2D eigenvalue weighted by molar-refractivity contribution is 0.243. The van der Waals surface area contributed by atoms with Gasteiger partial charge in [0.2, 0.25) is 0 Å². The summed E-state index contributed by atoms with van der Waals surface area (Å²) in [6, 6.07) is 0. The molecule has 0 atom stereocenters. The van der Waals surface area contributed by atoms with E-state index in [1.165, 1.54) is 0 Å². The minimum Gasteiger partial charge on any atom is -0.331 e. The zero-order valence-electron chi connectivity index (χ0n) is 7.42. The average molecular weight is 183 g/mol. The van der Waals surface area contributed by atoms with Gasteiger partial charge in [0.1, 0.15) is 0 Å². The standard InChI is InChI=1S/C4H11O3P.C2H7N/c1-3-6-8(5)7-4-2;1-2-3/h8H,3-4H2,1-2H3;2-3H2,1H3. The first-order chi connectivity index (χ1) is 5.22. The lowest BCUT2D eigenvalue weighted by Gasteiger charge is -1.97. The predicted molar refractivity (Wildman–Crippen MR) is 47.0 cm³/mol. The summed E-state index contributed by atoms with van der Waals surface area (Å²) in [4.78, 5) is 0. The maximum absolute atomic E-state index is 10.4. The summed E-state index contributed by atoms with van der Waals surface area (Å²) in [6.07, 6.45) is 0. The van der Waals surface area contributed by atoms with E-state index in [4.69, 9.17) is 5.73 Å². The van der Waals surface area contributed by atoms with Gasteiger partial charge in [0.05, 0.1) is 13.2 Å². The van der Waals surface area contributed by atoms with E-state index in [0.717, 1.165) is 6.54 Å². The van der Waals surface area contributed by atoms with Crippen LogP contribution in [-0.4, -0.2) is 19.8 Å². The lowest BCUT2D eigenvalue weighted by Crippen LogP contribution is -1.87. The monoisotopic (exact) mass is 183 g/mol. The molecule has 0 unspecified atom stereocenters. The van der Waals surface area contributed by atoms with Crippen LogP contribution in [0.2, 0.25) is 0 Å². The fourth-order valence-corrected chi connectivity index (χ4v) is 0.832. The molecule has 4 nitrogen and oxygen atoms in total. The molecule has 0 aliphatic carbocycles. The van der Waals surface area contributed by atoms with E-state index in [-0.39, 0.29) is 0 Å². The first-order valence-electron chi connectivity index (χ1n) is 3.72. The van der Waals surface area contributed by atoms with Crippen LogP contribution in [0.5, 0.6) is 0 Å². The molecular formula is C6H18NO3P. The second-order valence-corrected chi connectivity index (χ2v) is 2.60. The van der Waals surface area contributed by atoms with Crippen LogP contribution in [0.25, 0.3) is 0 Å². The molecular weight excluding hydrogens is 165 g/mol. The van der Waals surface area contributed by atoms with Gasteiger partial charge >= 0.3 is 8.25 Å². The fourth-order valence-electron chi connectivity index (χ4n) is 0.277. The first kappa shape index (κ1) is 13.7. The van der Waals surface area contributed by atoms with Crippen LogP contribution >= 0.6 is 8.25 Å².